The van der Waals surface area contributed by atoms with Crippen LogP contribution in [0.5, 0.6) is 0 Å². The predicted octanol–water partition coefficient (Wildman–Crippen LogP) is 3.15. The van der Waals surface area contributed by atoms with E-state index in [1.165, 1.54) is 5.56 Å². The topological polar surface area (TPSA) is 49.6 Å². The van der Waals surface area contributed by atoms with Crippen LogP contribution < -0.4 is 5.73 Å². The molecule has 4 nitrogen and oxygen atoms in total. The van der Waals surface area contributed by atoms with Crippen LogP contribution in [0.2, 0.25) is 0 Å². The van der Waals surface area contributed by atoms with E-state index in [4.69, 9.17) is 5.73 Å². The molecule has 1 saturated heterocycles. The highest BCUT2D eigenvalue weighted by Gasteiger charge is 2.38. The summed E-state index contributed by atoms with van der Waals surface area (Å²) < 4.78 is 0. The molecule has 1 aliphatic heterocycles. The molecule has 1 unspecified atom stereocenters. The number of carbonyl (C=O) groups excluding carboxylic acids is 1. The molecule has 1 fully saturated rings. The first-order valence-corrected chi connectivity index (χ1v) is 8.93. The molecule has 1 amide bonds. The minimum absolute atomic E-state index is 0. The van der Waals surface area contributed by atoms with Crippen LogP contribution in [0.1, 0.15) is 38.7 Å². The highest BCUT2D eigenvalue weighted by Crippen LogP contribution is 2.32. The van der Waals surface area contributed by atoms with Gasteiger partial charge < -0.3 is 10.6 Å². The Morgan fingerprint density at radius 1 is 1.16 bits per heavy atom. The minimum atomic E-state index is -0.00190. The van der Waals surface area contributed by atoms with Crippen LogP contribution in [0, 0.1) is 5.92 Å². The molecular formula is C19H33Cl2N3O. The van der Waals surface area contributed by atoms with Gasteiger partial charge in [0.25, 0.3) is 0 Å². The standard InChI is InChI=1S/C19H31N3O.2ClH/c1-4-18(21(5-2)6-3)19(23)22-13-16(12-20)17(14-22)15-10-8-7-9-11-15;;/h7-11,16-18H,4-6,12-14,20H2,1-3H3;2*1H/t16-,17+,18?;;/m1../s1. The predicted molar refractivity (Wildman–Crippen MR) is 110 cm³/mol. The SMILES string of the molecule is CCC(C(=O)N1C[C@@H](CN)[C@H](c2ccccc2)C1)N(CC)CC.Cl.Cl. The van der Waals surface area contributed by atoms with E-state index in [2.05, 4.69) is 49.9 Å². The first-order valence-electron chi connectivity index (χ1n) is 8.93. The fraction of sp³-hybridized carbons (Fsp3) is 0.632. The summed E-state index contributed by atoms with van der Waals surface area (Å²) in [5.41, 5.74) is 7.30. The fourth-order valence-corrected chi connectivity index (χ4v) is 3.83. The lowest BCUT2D eigenvalue weighted by Crippen LogP contribution is -2.48. The molecule has 6 heteroatoms. The first kappa shape index (κ1) is 24.2. The molecule has 2 N–H and O–H groups in total. The van der Waals surface area contributed by atoms with Crippen LogP contribution in [-0.4, -0.2) is 54.5 Å². The van der Waals surface area contributed by atoms with E-state index in [9.17, 15) is 4.79 Å². The van der Waals surface area contributed by atoms with Gasteiger partial charge in [-0.05, 0) is 37.5 Å². The molecule has 0 aliphatic carbocycles. The molecular weight excluding hydrogens is 357 g/mol. The van der Waals surface area contributed by atoms with Crippen LogP contribution >= 0.6 is 24.8 Å². The Morgan fingerprint density at radius 2 is 1.76 bits per heavy atom. The van der Waals surface area contributed by atoms with Crippen LogP contribution in [0.3, 0.4) is 0 Å². The van der Waals surface area contributed by atoms with Gasteiger partial charge in [-0.1, -0.05) is 51.1 Å². The number of hydrogen-bond acceptors (Lipinski definition) is 3. The van der Waals surface area contributed by atoms with Crippen molar-refractivity contribution in [3.8, 4) is 0 Å². The number of benzene rings is 1. The zero-order valence-electron chi connectivity index (χ0n) is 15.6. The Bertz CT molecular complexity index is 497. The number of hydrogen-bond donors (Lipinski definition) is 1. The molecule has 144 valence electrons. The van der Waals surface area contributed by atoms with Gasteiger partial charge in [-0.3, -0.25) is 9.69 Å². The Morgan fingerprint density at radius 3 is 2.24 bits per heavy atom. The van der Waals surface area contributed by atoms with Crippen molar-refractivity contribution in [1.29, 1.82) is 0 Å². The monoisotopic (exact) mass is 389 g/mol. The fourth-order valence-electron chi connectivity index (χ4n) is 3.83. The maximum absolute atomic E-state index is 13.0. The van der Waals surface area contributed by atoms with Crippen molar-refractivity contribution >= 4 is 30.7 Å². The van der Waals surface area contributed by atoms with Crippen LogP contribution in [0.15, 0.2) is 30.3 Å². The molecule has 0 radical (unpaired) electrons. The largest absolute Gasteiger partial charge is 0.340 e. The normalized spacial score (nSPS) is 20.8. The van der Waals surface area contributed by atoms with Crippen molar-refractivity contribution < 1.29 is 4.79 Å². The van der Waals surface area contributed by atoms with Gasteiger partial charge in [-0.15, -0.1) is 24.8 Å². The molecule has 0 spiro atoms. The van der Waals surface area contributed by atoms with Gasteiger partial charge in [0.1, 0.15) is 0 Å². The Hall–Kier alpha value is -0.810. The Labute approximate surface area is 164 Å². The number of carbonyl (C=O) groups is 1. The summed E-state index contributed by atoms with van der Waals surface area (Å²) in [4.78, 5) is 17.3. The van der Waals surface area contributed by atoms with E-state index in [-0.39, 0.29) is 36.8 Å². The second kappa shape index (κ2) is 11.7. The zero-order valence-corrected chi connectivity index (χ0v) is 17.2. The maximum Gasteiger partial charge on any atom is 0.239 e. The molecule has 1 heterocycles. The number of likely N-dealkylation sites (N-methyl/N-ethyl adjacent to an activating group) is 1. The number of nitrogens with two attached hydrogens (primary N) is 1. The molecule has 1 aromatic rings. The summed E-state index contributed by atoms with van der Waals surface area (Å²) in [7, 11) is 0. The summed E-state index contributed by atoms with van der Waals surface area (Å²) in [6.07, 6.45) is 0.861. The number of nitrogens with zero attached hydrogens (tertiary/aromatic N) is 2. The van der Waals surface area contributed by atoms with Gasteiger partial charge in [-0.2, -0.15) is 0 Å². The summed E-state index contributed by atoms with van der Waals surface area (Å²) in [6, 6.07) is 10.5. The molecule has 2 rings (SSSR count). The summed E-state index contributed by atoms with van der Waals surface area (Å²) in [5.74, 6) is 0.989. The molecule has 1 aliphatic rings. The van der Waals surface area contributed by atoms with E-state index < -0.39 is 0 Å². The summed E-state index contributed by atoms with van der Waals surface area (Å²) in [6.45, 7) is 10.4. The lowest BCUT2D eigenvalue weighted by molar-refractivity contribution is -0.136. The third-order valence-corrected chi connectivity index (χ3v) is 5.21. The third-order valence-electron chi connectivity index (χ3n) is 5.21. The molecule has 0 saturated carbocycles. The van der Waals surface area contributed by atoms with Gasteiger partial charge in [-0.25, -0.2) is 0 Å². The molecule has 0 bridgehead atoms. The van der Waals surface area contributed by atoms with Gasteiger partial charge in [0.05, 0.1) is 6.04 Å². The zero-order chi connectivity index (χ0) is 16.8. The molecule has 25 heavy (non-hydrogen) atoms. The average Bonchev–Trinajstić information content (AvgIpc) is 3.04. The second-order valence-corrected chi connectivity index (χ2v) is 6.40. The smallest absolute Gasteiger partial charge is 0.239 e. The van der Waals surface area contributed by atoms with Crippen LogP contribution in [0.4, 0.5) is 0 Å². The van der Waals surface area contributed by atoms with E-state index in [1.54, 1.807) is 0 Å². The van der Waals surface area contributed by atoms with Gasteiger partial charge in [0.15, 0.2) is 0 Å². The number of likely N-dealkylation sites (tertiary alicyclic amines) is 1. The van der Waals surface area contributed by atoms with Crippen molar-refractivity contribution in [1.82, 2.24) is 9.80 Å². The summed E-state index contributed by atoms with van der Waals surface area (Å²) in [5, 5.41) is 0. The number of rotatable bonds is 7. The third kappa shape index (κ3) is 5.58. The highest BCUT2D eigenvalue weighted by atomic mass is 35.5. The van der Waals surface area contributed by atoms with E-state index >= 15 is 0 Å². The summed E-state index contributed by atoms with van der Waals surface area (Å²) >= 11 is 0. The van der Waals surface area contributed by atoms with Crippen molar-refractivity contribution in [3.05, 3.63) is 35.9 Å². The molecule has 0 aromatic heterocycles. The van der Waals surface area contributed by atoms with E-state index in [0.29, 0.717) is 18.4 Å². The second-order valence-electron chi connectivity index (χ2n) is 6.40. The van der Waals surface area contributed by atoms with Crippen LogP contribution in [0.25, 0.3) is 0 Å². The van der Waals surface area contributed by atoms with Crippen molar-refractivity contribution in [2.75, 3.05) is 32.7 Å². The van der Waals surface area contributed by atoms with Crippen molar-refractivity contribution in [3.63, 3.8) is 0 Å². The van der Waals surface area contributed by atoms with Crippen LogP contribution in [-0.2, 0) is 4.79 Å². The number of halogens is 2. The Kier molecular flexibility index (Phi) is 11.4. The quantitative estimate of drug-likeness (QED) is 0.778. The Balaban J connectivity index is 0.00000288. The van der Waals surface area contributed by atoms with Crippen molar-refractivity contribution in [2.45, 2.75) is 39.2 Å². The van der Waals surface area contributed by atoms with E-state index in [0.717, 1.165) is 32.6 Å². The molecule has 3 atom stereocenters. The first-order chi connectivity index (χ1) is 11.2. The minimum Gasteiger partial charge on any atom is -0.340 e. The number of amides is 1. The lowest BCUT2D eigenvalue weighted by Gasteiger charge is -2.31. The molecule has 1 aromatic carbocycles. The van der Waals surface area contributed by atoms with Gasteiger partial charge in [0, 0.05) is 19.0 Å². The average molecular weight is 390 g/mol. The highest BCUT2D eigenvalue weighted by molar-refractivity contribution is 5.85. The lowest BCUT2D eigenvalue weighted by atomic mass is 9.89. The van der Waals surface area contributed by atoms with E-state index in [1.807, 2.05) is 11.0 Å². The van der Waals surface area contributed by atoms with Gasteiger partial charge >= 0.3 is 0 Å². The van der Waals surface area contributed by atoms with Gasteiger partial charge in [0.2, 0.25) is 5.91 Å². The maximum atomic E-state index is 13.0. The van der Waals surface area contributed by atoms with Crippen molar-refractivity contribution in [2.24, 2.45) is 11.7 Å².